The normalized spacial score (nSPS) is 14.5. The fourth-order valence-corrected chi connectivity index (χ4v) is 3.16. The number of fused-ring (bicyclic) bond motifs is 1. The van der Waals surface area contributed by atoms with Gasteiger partial charge in [-0.25, -0.2) is 0 Å². The monoisotopic (exact) mass is 323 g/mol. The molecule has 1 amide bonds. The Hall–Kier alpha value is -2.29. The molecule has 24 heavy (non-hydrogen) atoms. The topological polar surface area (TPSA) is 38.3 Å². The summed E-state index contributed by atoms with van der Waals surface area (Å²) in [6, 6.07) is 16.4. The van der Waals surface area contributed by atoms with Crippen molar-refractivity contribution in [3.8, 4) is 5.75 Å². The number of hydrogen-bond acceptors (Lipinski definition) is 2. The van der Waals surface area contributed by atoms with Crippen LogP contribution in [0.1, 0.15) is 36.5 Å². The molecule has 3 heteroatoms. The lowest BCUT2D eigenvalue weighted by molar-refractivity contribution is -0.127. The van der Waals surface area contributed by atoms with E-state index in [-0.39, 0.29) is 5.91 Å². The summed E-state index contributed by atoms with van der Waals surface area (Å²) in [6.07, 6.45) is 5.13. The van der Waals surface area contributed by atoms with Crippen molar-refractivity contribution in [1.82, 2.24) is 5.32 Å². The van der Waals surface area contributed by atoms with E-state index in [0.717, 1.165) is 25.0 Å². The summed E-state index contributed by atoms with van der Waals surface area (Å²) >= 11 is 0. The predicted molar refractivity (Wildman–Crippen MR) is 96.3 cm³/mol. The Morgan fingerprint density at radius 3 is 2.62 bits per heavy atom. The third-order valence-electron chi connectivity index (χ3n) is 4.56. The molecule has 0 aliphatic heterocycles. The van der Waals surface area contributed by atoms with Crippen molar-refractivity contribution in [2.24, 2.45) is 0 Å². The van der Waals surface area contributed by atoms with Crippen LogP contribution in [0, 0.1) is 0 Å². The zero-order valence-electron chi connectivity index (χ0n) is 14.3. The fraction of sp³-hybridized carbons (Fsp3) is 0.381. The Bertz CT molecular complexity index is 681. The number of amides is 1. The lowest BCUT2D eigenvalue weighted by Crippen LogP contribution is -2.37. The Kier molecular flexibility index (Phi) is 5.52. The average Bonchev–Trinajstić information content (AvgIpc) is 2.62. The second-order valence-corrected chi connectivity index (χ2v) is 6.42. The summed E-state index contributed by atoms with van der Waals surface area (Å²) in [5.74, 6) is 0.727. The van der Waals surface area contributed by atoms with Gasteiger partial charge in [0.2, 0.25) is 0 Å². The van der Waals surface area contributed by atoms with Crippen LogP contribution in [0.5, 0.6) is 5.75 Å². The third kappa shape index (κ3) is 4.38. The van der Waals surface area contributed by atoms with Crippen molar-refractivity contribution in [2.75, 3.05) is 6.54 Å². The maximum atomic E-state index is 12.2. The summed E-state index contributed by atoms with van der Waals surface area (Å²) in [7, 11) is 0. The molecule has 1 aliphatic carbocycles. The Balaban J connectivity index is 1.49. The quantitative estimate of drug-likeness (QED) is 0.880. The highest BCUT2D eigenvalue weighted by Crippen LogP contribution is 2.25. The van der Waals surface area contributed by atoms with Crippen LogP contribution in [0.15, 0.2) is 48.5 Å². The molecule has 0 unspecified atom stereocenters. The molecule has 0 heterocycles. The Labute approximate surface area is 144 Å². The molecule has 1 aliphatic rings. The van der Waals surface area contributed by atoms with Crippen molar-refractivity contribution in [3.05, 3.63) is 65.2 Å². The zero-order valence-corrected chi connectivity index (χ0v) is 14.3. The molecule has 1 N–H and O–H groups in total. The molecule has 0 radical (unpaired) electrons. The molecule has 2 aromatic rings. The van der Waals surface area contributed by atoms with E-state index >= 15 is 0 Å². The van der Waals surface area contributed by atoms with E-state index in [1.807, 2.05) is 24.3 Å². The SMILES string of the molecule is C[C@H](Oc1ccc2c(c1)CCCC2)C(=O)NCCc1ccccc1. The second kappa shape index (κ2) is 8.00. The summed E-state index contributed by atoms with van der Waals surface area (Å²) in [4.78, 5) is 12.2. The molecule has 3 rings (SSSR count). The van der Waals surface area contributed by atoms with Gasteiger partial charge in [0.15, 0.2) is 6.10 Å². The van der Waals surface area contributed by atoms with Crippen molar-refractivity contribution in [2.45, 2.75) is 45.1 Å². The van der Waals surface area contributed by atoms with Crippen LogP contribution in [0.25, 0.3) is 0 Å². The molecule has 0 aromatic heterocycles. The fourth-order valence-electron chi connectivity index (χ4n) is 3.16. The number of aryl methyl sites for hydroxylation is 2. The highest BCUT2D eigenvalue weighted by molar-refractivity contribution is 5.80. The summed E-state index contributed by atoms with van der Waals surface area (Å²) in [5, 5.41) is 2.95. The number of nitrogens with one attached hydrogen (secondary N) is 1. The molecule has 2 aromatic carbocycles. The summed E-state index contributed by atoms with van der Waals surface area (Å²) in [5.41, 5.74) is 4.02. The van der Waals surface area contributed by atoms with Gasteiger partial charge < -0.3 is 10.1 Å². The molecular weight excluding hydrogens is 298 g/mol. The first-order chi connectivity index (χ1) is 11.7. The maximum Gasteiger partial charge on any atom is 0.260 e. The largest absolute Gasteiger partial charge is 0.481 e. The van der Waals surface area contributed by atoms with E-state index in [1.54, 1.807) is 6.92 Å². The standard InChI is InChI=1S/C21H25NO2/c1-16(21(23)22-14-13-17-7-3-2-4-8-17)24-20-12-11-18-9-5-6-10-19(18)15-20/h2-4,7-8,11-12,15-16H,5-6,9-10,13-14H2,1H3,(H,22,23)/t16-/m0/s1. The number of carbonyl (C=O) groups is 1. The minimum Gasteiger partial charge on any atom is -0.481 e. The van der Waals surface area contributed by atoms with Gasteiger partial charge in [-0.3, -0.25) is 4.79 Å². The van der Waals surface area contributed by atoms with Gasteiger partial charge in [0.05, 0.1) is 0 Å². The van der Waals surface area contributed by atoms with Crippen LogP contribution in [0.4, 0.5) is 0 Å². The third-order valence-corrected chi connectivity index (χ3v) is 4.56. The first kappa shape index (κ1) is 16.6. The van der Waals surface area contributed by atoms with Gasteiger partial charge in [-0.05, 0) is 67.9 Å². The molecule has 0 bridgehead atoms. The molecule has 0 spiro atoms. The van der Waals surface area contributed by atoms with Gasteiger partial charge in [0.1, 0.15) is 5.75 Å². The number of carbonyl (C=O) groups excluding carboxylic acids is 1. The molecule has 0 saturated heterocycles. The van der Waals surface area contributed by atoms with Crippen molar-refractivity contribution < 1.29 is 9.53 Å². The number of rotatable bonds is 6. The first-order valence-electron chi connectivity index (χ1n) is 8.82. The van der Waals surface area contributed by atoms with Gasteiger partial charge >= 0.3 is 0 Å². The zero-order chi connectivity index (χ0) is 16.8. The summed E-state index contributed by atoms with van der Waals surface area (Å²) < 4.78 is 5.83. The van der Waals surface area contributed by atoms with Gasteiger partial charge in [0.25, 0.3) is 5.91 Å². The Morgan fingerprint density at radius 2 is 1.83 bits per heavy atom. The predicted octanol–water partition coefficient (Wildman–Crippen LogP) is 3.69. The van der Waals surface area contributed by atoms with E-state index < -0.39 is 6.10 Å². The lowest BCUT2D eigenvalue weighted by atomic mass is 9.92. The Morgan fingerprint density at radius 1 is 1.08 bits per heavy atom. The van der Waals surface area contributed by atoms with Crippen molar-refractivity contribution in [3.63, 3.8) is 0 Å². The van der Waals surface area contributed by atoms with Crippen LogP contribution >= 0.6 is 0 Å². The van der Waals surface area contributed by atoms with Gasteiger partial charge in [-0.1, -0.05) is 36.4 Å². The van der Waals surface area contributed by atoms with E-state index in [9.17, 15) is 4.79 Å². The minimum atomic E-state index is -0.484. The molecule has 126 valence electrons. The van der Waals surface area contributed by atoms with Crippen LogP contribution < -0.4 is 10.1 Å². The van der Waals surface area contributed by atoms with Gasteiger partial charge in [-0.2, -0.15) is 0 Å². The van der Waals surface area contributed by atoms with Gasteiger partial charge in [-0.15, -0.1) is 0 Å². The maximum absolute atomic E-state index is 12.2. The van der Waals surface area contributed by atoms with E-state index in [1.165, 1.54) is 29.5 Å². The average molecular weight is 323 g/mol. The van der Waals surface area contributed by atoms with E-state index in [0.29, 0.717) is 6.54 Å². The molecule has 1 atom stereocenters. The molecule has 3 nitrogen and oxygen atoms in total. The van der Waals surface area contributed by atoms with Gasteiger partial charge in [0, 0.05) is 6.54 Å². The van der Waals surface area contributed by atoms with Crippen LogP contribution in [0.2, 0.25) is 0 Å². The highest BCUT2D eigenvalue weighted by Gasteiger charge is 2.16. The molecule has 0 saturated carbocycles. The van der Waals surface area contributed by atoms with Crippen LogP contribution in [-0.2, 0) is 24.1 Å². The second-order valence-electron chi connectivity index (χ2n) is 6.42. The van der Waals surface area contributed by atoms with Crippen molar-refractivity contribution >= 4 is 5.91 Å². The van der Waals surface area contributed by atoms with Crippen molar-refractivity contribution in [1.29, 1.82) is 0 Å². The minimum absolute atomic E-state index is 0.0661. The number of hydrogen-bond donors (Lipinski definition) is 1. The number of ether oxygens (including phenoxy) is 1. The lowest BCUT2D eigenvalue weighted by Gasteiger charge is -2.19. The molecular formula is C21H25NO2. The molecule has 0 fully saturated rings. The first-order valence-corrected chi connectivity index (χ1v) is 8.82. The van der Waals surface area contributed by atoms with E-state index in [2.05, 4.69) is 29.6 Å². The van der Waals surface area contributed by atoms with Crippen LogP contribution in [-0.4, -0.2) is 18.6 Å². The number of benzene rings is 2. The smallest absolute Gasteiger partial charge is 0.260 e. The van der Waals surface area contributed by atoms with Crippen LogP contribution in [0.3, 0.4) is 0 Å². The van der Waals surface area contributed by atoms with E-state index in [4.69, 9.17) is 4.74 Å². The summed E-state index contributed by atoms with van der Waals surface area (Å²) in [6.45, 7) is 2.43. The highest BCUT2D eigenvalue weighted by atomic mass is 16.5.